The van der Waals surface area contributed by atoms with Crippen LogP contribution in [-0.2, 0) is 21.4 Å². The van der Waals surface area contributed by atoms with Crippen molar-refractivity contribution in [3.05, 3.63) is 87.4 Å². The van der Waals surface area contributed by atoms with E-state index in [1.165, 1.54) is 10.4 Å². The highest BCUT2D eigenvalue weighted by Gasteiger charge is 2.18. The summed E-state index contributed by atoms with van der Waals surface area (Å²) in [5.41, 5.74) is 1.63. The third kappa shape index (κ3) is 6.77. The lowest BCUT2D eigenvalue weighted by molar-refractivity contribution is -0.118. The highest BCUT2D eigenvalue weighted by atomic mass is 35.5. The Kier molecular flexibility index (Phi) is 7.90. The van der Waals surface area contributed by atoms with E-state index in [1.54, 1.807) is 60.7 Å². The van der Waals surface area contributed by atoms with Crippen molar-refractivity contribution in [1.82, 2.24) is 0 Å². The zero-order valence-corrected chi connectivity index (χ0v) is 20.0. The van der Waals surface area contributed by atoms with E-state index in [1.807, 2.05) is 0 Å². The first-order valence-electron chi connectivity index (χ1n) is 9.32. The standard InChI is InChI=1S/C22H19Cl3N2O4S/c1-32(29,30)27(13-15-2-4-16(23)5-3-15)18-7-9-19(10-8-18)31-14-22(28)26-21-12-17(24)6-11-20(21)25/h2-12H,13-14H2,1H3,(H,26,28). The number of halogens is 3. The lowest BCUT2D eigenvalue weighted by Crippen LogP contribution is -2.29. The van der Waals surface area contributed by atoms with Gasteiger partial charge in [-0.15, -0.1) is 0 Å². The fourth-order valence-electron chi connectivity index (χ4n) is 2.79. The molecule has 0 bridgehead atoms. The first-order valence-corrected chi connectivity index (χ1v) is 12.3. The van der Waals surface area contributed by atoms with Crippen LogP contribution in [0.25, 0.3) is 0 Å². The van der Waals surface area contributed by atoms with Gasteiger partial charge in [0.05, 0.1) is 29.2 Å². The molecule has 6 nitrogen and oxygen atoms in total. The predicted molar refractivity (Wildman–Crippen MR) is 130 cm³/mol. The Morgan fingerprint density at radius 1 is 0.938 bits per heavy atom. The zero-order chi connectivity index (χ0) is 23.3. The number of nitrogens with zero attached hydrogens (tertiary/aromatic N) is 1. The SMILES string of the molecule is CS(=O)(=O)N(Cc1ccc(Cl)cc1)c1ccc(OCC(=O)Nc2cc(Cl)ccc2Cl)cc1. The van der Waals surface area contributed by atoms with Gasteiger partial charge in [-0.1, -0.05) is 46.9 Å². The number of rotatable bonds is 8. The topological polar surface area (TPSA) is 75.7 Å². The van der Waals surface area contributed by atoms with E-state index < -0.39 is 15.9 Å². The van der Waals surface area contributed by atoms with Crippen LogP contribution < -0.4 is 14.4 Å². The maximum absolute atomic E-state index is 12.3. The molecule has 0 unspecified atom stereocenters. The molecule has 0 saturated heterocycles. The Morgan fingerprint density at radius 2 is 1.56 bits per heavy atom. The van der Waals surface area contributed by atoms with E-state index in [-0.39, 0.29) is 13.2 Å². The van der Waals surface area contributed by atoms with Crippen molar-refractivity contribution in [3.63, 3.8) is 0 Å². The molecule has 0 aliphatic rings. The summed E-state index contributed by atoms with van der Waals surface area (Å²) in [6, 6.07) is 18.1. The first-order chi connectivity index (χ1) is 15.1. The smallest absolute Gasteiger partial charge is 0.262 e. The highest BCUT2D eigenvalue weighted by Crippen LogP contribution is 2.26. The number of hydrogen-bond donors (Lipinski definition) is 1. The summed E-state index contributed by atoms with van der Waals surface area (Å²) in [5, 5.41) is 3.99. The van der Waals surface area contributed by atoms with Gasteiger partial charge < -0.3 is 10.1 Å². The van der Waals surface area contributed by atoms with Crippen molar-refractivity contribution in [2.45, 2.75) is 6.54 Å². The van der Waals surface area contributed by atoms with Crippen molar-refractivity contribution >= 4 is 62.1 Å². The average molecular weight is 514 g/mol. The van der Waals surface area contributed by atoms with Crippen LogP contribution in [0.5, 0.6) is 5.75 Å². The summed E-state index contributed by atoms with van der Waals surface area (Å²) < 4.78 is 31.4. The van der Waals surface area contributed by atoms with Crippen molar-refractivity contribution in [2.75, 3.05) is 22.5 Å². The highest BCUT2D eigenvalue weighted by molar-refractivity contribution is 7.92. The molecule has 1 N–H and O–H groups in total. The molecule has 0 heterocycles. The quantitative estimate of drug-likeness (QED) is 0.423. The third-order valence-electron chi connectivity index (χ3n) is 4.34. The van der Waals surface area contributed by atoms with Gasteiger partial charge in [-0.3, -0.25) is 9.10 Å². The summed E-state index contributed by atoms with van der Waals surface area (Å²) in [4.78, 5) is 12.1. The van der Waals surface area contributed by atoms with Crippen molar-refractivity contribution in [1.29, 1.82) is 0 Å². The number of amides is 1. The molecule has 10 heteroatoms. The van der Waals surface area contributed by atoms with E-state index in [9.17, 15) is 13.2 Å². The van der Waals surface area contributed by atoms with Gasteiger partial charge in [0, 0.05) is 10.0 Å². The van der Waals surface area contributed by atoms with E-state index in [2.05, 4.69) is 5.32 Å². The summed E-state index contributed by atoms with van der Waals surface area (Å²) in [5.74, 6) is -0.0141. The minimum atomic E-state index is -3.53. The molecular weight excluding hydrogens is 495 g/mol. The van der Waals surface area contributed by atoms with Crippen molar-refractivity contribution in [3.8, 4) is 5.75 Å². The van der Waals surface area contributed by atoms with Crippen LogP contribution in [0.15, 0.2) is 66.7 Å². The van der Waals surface area contributed by atoms with Crippen LogP contribution in [0.1, 0.15) is 5.56 Å². The number of carbonyl (C=O) groups is 1. The van der Waals surface area contributed by atoms with E-state index >= 15 is 0 Å². The Bertz CT molecular complexity index is 1200. The summed E-state index contributed by atoms with van der Waals surface area (Å²) >= 11 is 17.8. The molecular formula is C22H19Cl3N2O4S. The van der Waals surface area contributed by atoms with Crippen LogP contribution in [0, 0.1) is 0 Å². The molecule has 0 radical (unpaired) electrons. The van der Waals surface area contributed by atoms with Gasteiger partial charge >= 0.3 is 0 Å². The number of ether oxygens (including phenoxy) is 1. The van der Waals surface area contributed by atoms with E-state index in [0.717, 1.165) is 11.8 Å². The Hall–Kier alpha value is -2.45. The molecule has 168 valence electrons. The molecule has 3 rings (SSSR count). The molecule has 1 amide bonds. The monoisotopic (exact) mass is 512 g/mol. The van der Waals surface area contributed by atoms with Crippen LogP contribution in [-0.4, -0.2) is 27.2 Å². The van der Waals surface area contributed by atoms with Crippen LogP contribution in [0.4, 0.5) is 11.4 Å². The first kappa shape index (κ1) is 24.2. The molecule has 0 atom stereocenters. The van der Waals surface area contributed by atoms with Gasteiger partial charge in [-0.25, -0.2) is 8.42 Å². The lowest BCUT2D eigenvalue weighted by Gasteiger charge is -2.23. The van der Waals surface area contributed by atoms with E-state index in [4.69, 9.17) is 39.5 Å². The molecule has 32 heavy (non-hydrogen) atoms. The minimum Gasteiger partial charge on any atom is -0.484 e. The third-order valence-corrected chi connectivity index (χ3v) is 6.29. The number of carbonyl (C=O) groups excluding carboxylic acids is 1. The van der Waals surface area contributed by atoms with Crippen molar-refractivity contribution in [2.24, 2.45) is 0 Å². The van der Waals surface area contributed by atoms with Gasteiger partial charge in [0.2, 0.25) is 10.0 Å². The molecule has 0 aromatic heterocycles. The van der Waals surface area contributed by atoms with Crippen LogP contribution in [0.2, 0.25) is 15.1 Å². The second-order valence-electron chi connectivity index (χ2n) is 6.85. The Labute approximate surface area is 201 Å². The molecule has 0 aliphatic carbocycles. The number of sulfonamides is 1. The Balaban J connectivity index is 1.65. The number of benzene rings is 3. The summed E-state index contributed by atoms with van der Waals surface area (Å²) in [7, 11) is -3.53. The zero-order valence-electron chi connectivity index (χ0n) is 16.9. The largest absolute Gasteiger partial charge is 0.484 e. The maximum atomic E-state index is 12.3. The fraction of sp³-hybridized carbons (Fsp3) is 0.136. The number of anilines is 2. The molecule has 0 fully saturated rings. The molecule has 0 saturated carbocycles. The second kappa shape index (κ2) is 10.4. The van der Waals surface area contributed by atoms with Gasteiger partial charge in [-0.05, 0) is 60.2 Å². The van der Waals surface area contributed by atoms with Gasteiger partial charge in [0.25, 0.3) is 5.91 Å². The van der Waals surface area contributed by atoms with Crippen molar-refractivity contribution < 1.29 is 17.9 Å². The number of hydrogen-bond acceptors (Lipinski definition) is 4. The second-order valence-corrected chi connectivity index (χ2v) is 10.0. The fourth-order valence-corrected chi connectivity index (χ4v) is 4.14. The normalized spacial score (nSPS) is 11.1. The van der Waals surface area contributed by atoms with E-state index in [0.29, 0.717) is 32.2 Å². The minimum absolute atomic E-state index is 0.152. The average Bonchev–Trinajstić information content (AvgIpc) is 2.74. The predicted octanol–water partition coefficient (Wildman–Crippen LogP) is 5.63. The molecule has 3 aromatic rings. The summed E-state index contributed by atoms with van der Waals surface area (Å²) in [6.07, 6.45) is 1.14. The lowest BCUT2D eigenvalue weighted by atomic mass is 10.2. The molecule has 0 spiro atoms. The molecule has 3 aromatic carbocycles. The summed E-state index contributed by atoms with van der Waals surface area (Å²) in [6.45, 7) is -0.109. The molecule has 0 aliphatic heterocycles. The van der Waals surface area contributed by atoms with Gasteiger partial charge in [0.15, 0.2) is 6.61 Å². The van der Waals surface area contributed by atoms with Gasteiger partial charge in [-0.2, -0.15) is 0 Å². The van der Waals surface area contributed by atoms with Crippen LogP contribution in [0.3, 0.4) is 0 Å². The van der Waals surface area contributed by atoms with Gasteiger partial charge in [0.1, 0.15) is 5.75 Å². The maximum Gasteiger partial charge on any atom is 0.262 e. The number of nitrogens with one attached hydrogen (secondary N) is 1. The van der Waals surface area contributed by atoms with Crippen LogP contribution >= 0.6 is 34.8 Å². The Morgan fingerprint density at radius 3 is 2.19 bits per heavy atom.